The molecule has 0 amide bonds. The van der Waals surface area contributed by atoms with Crippen molar-refractivity contribution in [2.45, 2.75) is 13.8 Å². The minimum absolute atomic E-state index is 0.938. The average molecular weight is 187 g/mol. The summed E-state index contributed by atoms with van der Waals surface area (Å²) in [4.78, 5) is 4.50. The fraction of sp³-hybridized carbons (Fsp3) is 0.250. The number of hydrogen-bond acceptors (Lipinski definition) is 2. The van der Waals surface area contributed by atoms with Gasteiger partial charge < -0.3 is 4.74 Å². The standard InChI is InChI=1S/C12H13NO/c1-8-9(2)13-11-7-5-4-6-10(11)12(8)14-3/h4-7H,1-3H3. The Morgan fingerprint density at radius 3 is 2.57 bits per heavy atom. The molecule has 0 saturated heterocycles. The molecule has 0 aliphatic carbocycles. The highest BCUT2D eigenvalue weighted by Gasteiger charge is 2.08. The predicted octanol–water partition coefficient (Wildman–Crippen LogP) is 2.86. The van der Waals surface area contributed by atoms with Crippen LogP contribution in [0.2, 0.25) is 0 Å². The minimum Gasteiger partial charge on any atom is -0.496 e. The molecular formula is C12H13NO. The fourth-order valence-electron chi connectivity index (χ4n) is 1.66. The van der Waals surface area contributed by atoms with E-state index in [0.717, 1.165) is 27.9 Å². The van der Waals surface area contributed by atoms with Gasteiger partial charge in [0.1, 0.15) is 5.75 Å². The van der Waals surface area contributed by atoms with Crippen molar-refractivity contribution >= 4 is 10.9 Å². The first-order valence-corrected chi connectivity index (χ1v) is 4.64. The van der Waals surface area contributed by atoms with E-state index in [4.69, 9.17) is 4.74 Å². The van der Waals surface area contributed by atoms with Crippen LogP contribution in [-0.4, -0.2) is 12.1 Å². The number of para-hydroxylation sites is 1. The van der Waals surface area contributed by atoms with E-state index >= 15 is 0 Å². The lowest BCUT2D eigenvalue weighted by Gasteiger charge is -2.10. The van der Waals surface area contributed by atoms with E-state index in [1.54, 1.807) is 7.11 Å². The number of fused-ring (bicyclic) bond motifs is 1. The summed E-state index contributed by atoms with van der Waals surface area (Å²) in [5.41, 5.74) is 3.14. The Morgan fingerprint density at radius 2 is 1.86 bits per heavy atom. The third kappa shape index (κ3) is 1.23. The zero-order chi connectivity index (χ0) is 10.1. The van der Waals surface area contributed by atoms with Gasteiger partial charge in [0.15, 0.2) is 0 Å². The van der Waals surface area contributed by atoms with Crippen molar-refractivity contribution in [3.8, 4) is 5.75 Å². The predicted molar refractivity (Wildman–Crippen MR) is 57.8 cm³/mol. The molecule has 1 aromatic carbocycles. The first-order chi connectivity index (χ1) is 6.74. The smallest absolute Gasteiger partial charge is 0.132 e. The summed E-state index contributed by atoms with van der Waals surface area (Å²) in [5, 5.41) is 1.08. The van der Waals surface area contributed by atoms with Crippen molar-refractivity contribution in [2.75, 3.05) is 7.11 Å². The molecule has 2 nitrogen and oxygen atoms in total. The molecule has 0 N–H and O–H groups in total. The van der Waals surface area contributed by atoms with Crippen LogP contribution in [0.25, 0.3) is 10.9 Å². The Morgan fingerprint density at radius 1 is 1.14 bits per heavy atom. The van der Waals surface area contributed by atoms with Crippen molar-refractivity contribution in [1.82, 2.24) is 4.98 Å². The van der Waals surface area contributed by atoms with Gasteiger partial charge in [-0.3, -0.25) is 4.98 Å². The van der Waals surface area contributed by atoms with Crippen LogP contribution in [0.5, 0.6) is 5.75 Å². The summed E-state index contributed by atoms with van der Waals surface area (Å²) < 4.78 is 5.40. The van der Waals surface area contributed by atoms with Crippen LogP contribution in [0.4, 0.5) is 0 Å². The van der Waals surface area contributed by atoms with Crippen LogP contribution in [0.15, 0.2) is 24.3 Å². The maximum Gasteiger partial charge on any atom is 0.132 e. The van der Waals surface area contributed by atoms with Crippen LogP contribution < -0.4 is 4.74 Å². The summed E-state index contributed by atoms with van der Waals surface area (Å²) in [6.45, 7) is 4.04. The Labute approximate surface area is 83.5 Å². The second kappa shape index (κ2) is 3.29. The second-order valence-corrected chi connectivity index (χ2v) is 3.37. The maximum atomic E-state index is 5.40. The third-order valence-corrected chi connectivity index (χ3v) is 2.52. The van der Waals surface area contributed by atoms with Crippen molar-refractivity contribution in [1.29, 1.82) is 0 Å². The first-order valence-electron chi connectivity index (χ1n) is 4.64. The van der Waals surface area contributed by atoms with E-state index < -0.39 is 0 Å². The molecule has 0 bridgehead atoms. The van der Waals surface area contributed by atoms with Crippen LogP contribution >= 0.6 is 0 Å². The Hall–Kier alpha value is -1.57. The number of nitrogens with zero attached hydrogens (tertiary/aromatic N) is 1. The molecule has 0 atom stereocenters. The van der Waals surface area contributed by atoms with Gasteiger partial charge in [0, 0.05) is 16.6 Å². The van der Waals surface area contributed by atoms with Gasteiger partial charge >= 0.3 is 0 Å². The molecule has 2 heteroatoms. The van der Waals surface area contributed by atoms with E-state index in [1.807, 2.05) is 38.1 Å². The van der Waals surface area contributed by atoms with Gasteiger partial charge in [-0.25, -0.2) is 0 Å². The lowest BCUT2D eigenvalue weighted by Crippen LogP contribution is -1.95. The summed E-state index contributed by atoms with van der Waals surface area (Å²) in [5.74, 6) is 0.938. The monoisotopic (exact) mass is 187 g/mol. The molecule has 2 aromatic rings. The number of methoxy groups -OCH3 is 1. The zero-order valence-electron chi connectivity index (χ0n) is 8.66. The molecule has 14 heavy (non-hydrogen) atoms. The van der Waals surface area contributed by atoms with E-state index in [0.29, 0.717) is 0 Å². The summed E-state index contributed by atoms with van der Waals surface area (Å²) >= 11 is 0. The lowest BCUT2D eigenvalue weighted by atomic mass is 10.1. The largest absolute Gasteiger partial charge is 0.496 e. The van der Waals surface area contributed by atoms with E-state index in [9.17, 15) is 0 Å². The molecule has 0 aliphatic rings. The summed E-state index contributed by atoms with van der Waals surface area (Å²) in [6, 6.07) is 8.03. The third-order valence-electron chi connectivity index (χ3n) is 2.52. The Balaban J connectivity index is 2.89. The number of ether oxygens (including phenoxy) is 1. The van der Waals surface area contributed by atoms with E-state index in [2.05, 4.69) is 4.98 Å². The fourth-order valence-corrected chi connectivity index (χ4v) is 1.66. The average Bonchev–Trinajstić information content (AvgIpc) is 2.20. The topological polar surface area (TPSA) is 22.1 Å². The summed E-state index contributed by atoms with van der Waals surface area (Å²) in [6.07, 6.45) is 0. The molecule has 0 saturated carbocycles. The molecule has 72 valence electrons. The zero-order valence-corrected chi connectivity index (χ0v) is 8.66. The summed E-state index contributed by atoms with van der Waals surface area (Å²) in [7, 11) is 1.70. The van der Waals surface area contributed by atoms with Gasteiger partial charge in [-0.1, -0.05) is 12.1 Å². The Bertz CT molecular complexity index is 477. The van der Waals surface area contributed by atoms with Gasteiger partial charge in [-0.15, -0.1) is 0 Å². The SMILES string of the molecule is COc1c(C)c(C)nc2ccccc12. The molecule has 2 rings (SSSR count). The molecule has 0 spiro atoms. The molecule has 0 fully saturated rings. The molecule has 0 aliphatic heterocycles. The molecule has 0 radical (unpaired) electrons. The van der Waals surface area contributed by atoms with Crippen LogP contribution in [0.3, 0.4) is 0 Å². The molecule has 1 aromatic heterocycles. The van der Waals surface area contributed by atoms with Gasteiger partial charge in [0.2, 0.25) is 0 Å². The number of aryl methyl sites for hydroxylation is 1. The quantitative estimate of drug-likeness (QED) is 0.684. The number of benzene rings is 1. The Kier molecular flexibility index (Phi) is 2.12. The van der Waals surface area contributed by atoms with Gasteiger partial charge in [0.05, 0.1) is 12.6 Å². The molecule has 1 heterocycles. The van der Waals surface area contributed by atoms with Crippen molar-refractivity contribution in [3.63, 3.8) is 0 Å². The number of rotatable bonds is 1. The van der Waals surface area contributed by atoms with E-state index in [-0.39, 0.29) is 0 Å². The highest BCUT2D eigenvalue weighted by molar-refractivity contribution is 5.86. The highest BCUT2D eigenvalue weighted by atomic mass is 16.5. The van der Waals surface area contributed by atoms with Crippen LogP contribution in [-0.2, 0) is 0 Å². The van der Waals surface area contributed by atoms with Crippen LogP contribution in [0, 0.1) is 13.8 Å². The molecular weight excluding hydrogens is 174 g/mol. The molecule has 0 unspecified atom stereocenters. The first kappa shape index (κ1) is 9.00. The van der Waals surface area contributed by atoms with Crippen LogP contribution in [0.1, 0.15) is 11.3 Å². The van der Waals surface area contributed by atoms with Crippen molar-refractivity contribution < 1.29 is 4.74 Å². The van der Waals surface area contributed by atoms with Gasteiger partial charge in [-0.2, -0.15) is 0 Å². The number of hydrogen-bond donors (Lipinski definition) is 0. The van der Waals surface area contributed by atoms with Gasteiger partial charge in [-0.05, 0) is 26.0 Å². The van der Waals surface area contributed by atoms with Crippen molar-refractivity contribution in [2.24, 2.45) is 0 Å². The second-order valence-electron chi connectivity index (χ2n) is 3.37. The van der Waals surface area contributed by atoms with E-state index in [1.165, 1.54) is 0 Å². The number of aromatic nitrogens is 1. The minimum atomic E-state index is 0.938. The number of pyridine rings is 1. The van der Waals surface area contributed by atoms with Gasteiger partial charge in [0.25, 0.3) is 0 Å². The maximum absolute atomic E-state index is 5.40. The normalized spacial score (nSPS) is 10.5. The van der Waals surface area contributed by atoms with Crippen molar-refractivity contribution in [3.05, 3.63) is 35.5 Å². The highest BCUT2D eigenvalue weighted by Crippen LogP contribution is 2.29. The lowest BCUT2D eigenvalue weighted by molar-refractivity contribution is 0.416.